The number of sulfone groups is 1. The summed E-state index contributed by atoms with van der Waals surface area (Å²) in [5, 5.41) is 8.78. The van der Waals surface area contributed by atoms with E-state index in [9.17, 15) is 8.42 Å². The summed E-state index contributed by atoms with van der Waals surface area (Å²) in [5.41, 5.74) is 1.98. The van der Waals surface area contributed by atoms with Crippen molar-refractivity contribution in [3.05, 3.63) is 29.6 Å². The second-order valence-corrected chi connectivity index (χ2v) is 6.11. The Balaban J connectivity index is 2.61. The summed E-state index contributed by atoms with van der Waals surface area (Å²) in [4.78, 5) is 4.24. The van der Waals surface area contributed by atoms with Crippen LogP contribution in [0.2, 0.25) is 0 Å². The average molecular weight is 249 g/mol. The van der Waals surface area contributed by atoms with Crippen LogP contribution in [0.4, 0.5) is 0 Å². The maximum Gasteiger partial charge on any atom is 0.154 e. The first-order valence-corrected chi connectivity index (χ1v) is 7.00. The normalized spacial score (nSPS) is 11.6. The number of benzene rings is 1. The van der Waals surface area contributed by atoms with Gasteiger partial charge in [-0.05, 0) is 18.2 Å². The number of aryl methyl sites for hydroxylation is 1. The van der Waals surface area contributed by atoms with E-state index in [-0.39, 0.29) is 5.75 Å². The Morgan fingerprint density at radius 3 is 2.76 bits per heavy atom. The van der Waals surface area contributed by atoms with Crippen molar-refractivity contribution < 1.29 is 8.42 Å². The van der Waals surface area contributed by atoms with Gasteiger partial charge in [0, 0.05) is 13.3 Å². The number of fused-ring (bicyclic) bond motifs is 1. The summed E-state index contributed by atoms with van der Waals surface area (Å²) < 4.78 is 24.2. The van der Waals surface area contributed by atoms with E-state index in [0.717, 1.165) is 5.52 Å². The van der Waals surface area contributed by atoms with Gasteiger partial charge in [0.15, 0.2) is 9.84 Å². The molecular weight excluding hydrogens is 238 g/mol. The number of hydrogen-bond acceptors (Lipinski definition) is 4. The molecule has 0 saturated carbocycles. The van der Waals surface area contributed by atoms with Crippen LogP contribution in [0.3, 0.4) is 0 Å². The monoisotopic (exact) mass is 249 g/mol. The highest BCUT2D eigenvalue weighted by molar-refractivity contribution is 7.89. The van der Waals surface area contributed by atoms with Gasteiger partial charge in [-0.2, -0.15) is 5.26 Å². The van der Waals surface area contributed by atoms with Gasteiger partial charge in [-0.25, -0.2) is 13.4 Å². The van der Waals surface area contributed by atoms with Gasteiger partial charge < -0.3 is 4.57 Å². The molecule has 0 aliphatic heterocycles. The Hall–Kier alpha value is -1.87. The van der Waals surface area contributed by atoms with Crippen LogP contribution in [0.1, 0.15) is 11.4 Å². The molecule has 1 aromatic heterocycles. The summed E-state index contributed by atoms with van der Waals surface area (Å²) in [6.45, 7) is 0. The van der Waals surface area contributed by atoms with Gasteiger partial charge in [0.2, 0.25) is 0 Å². The van der Waals surface area contributed by atoms with E-state index in [1.54, 1.807) is 29.8 Å². The van der Waals surface area contributed by atoms with Gasteiger partial charge in [-0.15, -0.1) is 0 Å². The molecular formula is C11H11N3O2S. The fourth-order valence-corrected chi connectivity index (χ4v) is 2.41. The predicted octanol–water partition coefficient (Wildman–Crippen LogP) is 0.990. The average Bonchev–Trinajstić information content (AvgIpc) is 2.53. The third kappa shape index (κ3) is 2.29. The molecule has 0 atom stereocenters. The van der Waals surface area contributed by atoms with Gasteiger partial charge in [-0.3, -0.25) is 0 Å². The molecule has 0 aliphatic carbocycles. The molecule has 2 rings (SSSR count). The number of nitrogens with zero attached hydrogens (tertiary/aromatic N) is 3. The van der Waals surface area contributed by atoms with Crippen molar-refractivity contribution in [2.24, 2.45) is 7.05 Å². The van der Waals surface area contributed by atoms with Gasteiger partial charge in [0.1, 0.15) is 11.6 Å². The molecule has 0 amide bonds. The lowest BCUT2D eigenvalue weighted by atomic mass is 10.2. The largest absolute Gasteiger partial charge is 0.330 e. The summed E-state index contributed by atoms with van der Waals surface area (Å²) in [7, 11) is -1.35. The van der Waals surface area contributed by atoms with Crippen LogP contribution in [0.5, 0.6) is 0 Å². The number of hydrogen-bond donors (Lipinski definition) is 0. The number of nitriles is 1. The van der Waals surface area contributed by atoms with Crippen molar-refractivity contribution in [2.45, 2.75) is 5.75 Å². The molecule has 0 saturated heterocycles. The van der Waals surface area contributed by atoms with E-state index < -0.39 is 9.84 Å². The summed E-state index contributed by atoms with van der Waals surface area (Å²) in [6.07, 6.45) is 1.17. The molecule has 0 unspecified atom stereocenters. The van der Waals surface area contributed by atoms with Crippen LogP contribution >= 0.6 is 0 Å². The molecule has 5 nitrogen and oxygen atoms in total. The van der Waals surface area contributed by atoms with Crippen molar-refractivity contribution in [3.63, 3.8) is 0 Å². The fourth-order valence-electron chi connectivity index (χ4n) is 1.68. The molecule has 1 heterocycles. The van der Waals surface area contributed by atoms with Crippen LogP contribution in [0.25, 0.3) is 11.0 Å². The van der Waals surface area contributed by atoms with Crippen molar-refractivity contribution in [1.29, 1.82) is 5.26 Å². The Labute approximate surface area is 99.2 Å². The van der Waals surface area contributed by atoms with Crippen LogP contribution in [0.15, 0.2) is 18.2 Å². The van der Waals surface area contributed by atoms with Gasteiger partial charge in [0.05, 0.1) is 22.7 Å². The van der Waals surface area contributed by atoms with E-state index in [1.807, 2.05) is 6.07 Å². The van der Waals surface area contributed by atoms with Gasteiger partial charge >= 0.3 is 0 Å². The number of imidazole rings is 1. The minimum Gasteiger partial charge on any atom is -0.330 e. The lowest BCUT2D eigenvalue weighted by Gasteiger charge is -2.00. The Morgan fingerprint density at radius 2 is 2.18 bits per heavy atom. The molecule has 0 radical (unpaired) electrons. The fraction of sp³-hybridized carbons (Fsp3) is 0.273. The van der Waals surface area contributed by atoms with Crippen molar-refractivity contribution >= 4 is 20.9 Å². The van der Waals surface area contributed by atoms with Crippen LogP contribution < -0.4 is 0 Å². The molecule has 2 aromatic rings. The molecule has 0 bridgehead atoms. The zero-order valence-electron chi connectivity index (χ0n) is 9.51. The smallest absolute Gasteiger partial charge is 0.154 e. The van der Waals surface area contributed by atoms with E-state index in [4.69, 9.17) is 5.26 Å². The first kappa shape index (κ1) is 11.6. The molecule has 17 heavy (non-hydrogen) atoms. The summed E-state index contributed by atoms with van der Waals surface area (Å²) >= 11 is 0. The lowest BCUT2D eigenvalue weighted by molar-refractivity contribution is 0.598. The van der Waals surface area contributed by atoms with Crippen molar-refractivity contribution in [2.75, 3.05) is 6.26 Å². The quantitative estimate of drug-likeness (QED) is 0.795. The standard InChI is InChI=1S/C11H11N3O2S/c1-14-10-4-3-8(6-12)5-9(10)13-11(14)7-17(2,15)16/h3-5H,7H2,1-2H3. The second kappa shape index (κ2) is 3.86. The number of aromatic nitrogens is 2. The molecule has 0 N–H and O–H groups in total. The molecule has 6 heteroatoms. The predicted molar refractivity (Wildman–Crippen MR) is 64.0 cm³/mol. The summed E-state index contributed by atoms with van der Waals surface area (Å²) in [5.74, 6) is 0.387. The zero-order valence-corrected chi connectivity index (χ0v) is 10.3. The van der Waals surface area contributed by atoms with E-state index >= 15 is 0 Å². The Kier molecular flexibility index (Phi) is 2.63. The van der Waals surface area contributed by atoms with Gasteiger partial charge in [-0.1, -0.05) is 0 Å². The van der Waals surface area contributed by atoms with Crippen molar-refractivity contribution in [3.8, 4) is 6.07 Å². The van der Waals surface area contributed by atoms with Crippen LogP contribution in [0, 0.1) is 11.3 Å². The Bertz CT molecular complexity index is 723. The zero-order chi connectivity index (χ0) is 12.6. The second-order valence-electron chi connectivity index (χ2n) is 3.97. The minimum absolute atomic E-state index is 0.0972. The van der Waals surface area contributed by atoms with Crippen LogP contribution in [-0.2, 0) is 22.6 Å². The van der Waals surface area contributed by atoms with Gasteiger partial charge in [0.25, 0.3) is 0 Å². The van der Waals surface area contributed by atoms with E-state index in [1.165, 1.54) is 6.26 Å². The third-order valence-electron chi connectivity index (χ3n) is 2.49. The highest BCUT2D eigenvalue weighted by Crippen LogP contribution is 2.17. The topological polar surface area (TPSA) is 75.8 Å². The molecule has 0 spiro atoms. The highest BCUT2D eigenvalue weighted by Gasteiger charge is 2.13. The SMILES string of the molecule is Cn1c(CS(C)(=O)=O)nc2cc(C#N)ccc21. The first-order chi connectivity index (χ1) is 7.90. The molecule has 0 fully saturated rings. The highest BCUT2D eigenvalue weighted by atomic mass is 32.2. The minimum atomic E-state index is -3.11. The molecule has 1 aromatic carbocycles. The Morgan fingerprint density at radius 1 is 1.47 bits per heavy atom. The lowest BCUT2D eigenvalue weighted by Crippen LogP contribution is -2.06. The van der Waals surface area contributed by atoms with E-state index in [2.05, 4.69) is 4.98 Å². The van der Waals surface area contributed by atoms with E-state index in [0.29, 0.717) is 16.9 Å². The van der Waals surface area contributed by atoms with Crippen LogP contribution in [-0.4, -0.2) is 24.2 Å². The van der Waals surface area contributed by atoms with Crippen molar-refractivity contribution in [1.82, 2.24) is 9.55 Å². The molecule has 88 valence electrons. The third-order valence-corrected chi connectivity index (χ3v) is 3.28. The number of rotatable bonds is 2. The maximum absolute atomic E-state index is 11.2. The first-order valence-electron chi connectivity index (χ1n) is 4.94. The summed E-state index contributed by atoms with van der Waals surface area (Å²) in [6, 6.07) is 7.14. The molecule has 0 aliphatic rings. The maximum atomic E-state index is 11.2.